The number of hydrogen-bond acceptors (Lipinski definition) is 5. The summed E-state index contributed by atoms with van der Waals surface area (Å²) >= 11 is 5.77. The Morgan fingerprint density at radius 2 is 2.07 bits per heavy atom. The van der Waals surface area contributed by atoms with Gasteiger partial charge in [-0.2, -0.15) is 13.2 Å². The van der Waals surface area contributed by atoms with E-state index in [0.29, 0.717) is 31.2 Å². The van der Waals surface area contributed by atoms with Gasteiger partial charge in [0.2, 0.25) is 5.88 Å². The van der Waals surface area contributed by atoms with Crippen LogP contribution in [0.4, 0.5) is 17.6 Å². The van der Waals surface area contributed by atoms with Gasteiger partial charge in [-0.1, -0.05) is 16.8 Å². The number of phenols is 1. The van der Waals surface area contributed by atoms with E-state index in [1.165, 1.54) is 12.1 Å². The number of aromatic hydroxyl groups is 1. The molecule has 1 aromatic carbocycles. The lowest BCUT2D eigenvalue weighted by Crippen LogP contribution is -2.12. The van der Waals surface area contributed by atoms with E-state index in [2.05, 4.69) is 10.1 Å². The lowest BCUT2D eigenvalue weighted by atomic mass is 10.0. The van der Waals surface area contributed by atoms with Gasteiger partial charge in [0.25, 0.3) is 0 Å². The van der Waals surface area contributed by atoms with Crippen LogP contribution in [-0.4, -0.2) is 28.5 Å². The van der Waals surface area contributed by atoms with E-state index in [-0.39, 0.29) is 34.9 Å². The Morgan fingerprint density at radius 3 is 2.79 bits per heavy atom. The van der Waals surface area contributed by atoms with E-state index in [4.69, 9.17) is 21.2 Å². The standard InChI is InChI=1S/C18H15ClF4N2O3/c19-14-6-10(18(21,22)23)9-24-17(14)27-5-1-2-12-8-16(25-28-12)13-7-11(26)3-4-15(13)20/h3-4,6-7,9,12,26H,1-2,5,8H2. The van der Waals surface area contributed by atoms with Crippen LogP contribution in [0.5, 0.6) is 11.6 Å². The Hall–Kier alpha value is -2.55. The monoisotopic (exact) mass is 418 g/mol. The molecule has 10 heteroatoms. The quantitative estimate of drug-likeness (QED) is 0.532. The van der Waals surface area contributed by atoms with Crippen LogP contribution in [0.2, 0.25) is 5.02 Å². The largest absolute Gasteiger partial charge is 0.508 e. The maximum absolute atomic E-state index is 13.8. The van der Waals surface area contributed by atoms with E-state index in [9.17, 15) is 22.7 Å². The maximum atomic E-state index is 13.8. The molecule has 1 N–H and O–H groups in total. The average molecular weight is 419 g/mol. The Balaban J connectivity index is 1.46. The van der Waals surface area contributed by atoms with E-state index < -0.39 is 17.6 Å². The lowest BCUT2D eigenvalue weighted by molar-refractivity contribution is -0.137. The molecule has 1 aliphatic rings. The van der Waals surface area contributed by atoms with Crippen molar-refractivity contribution in [3.8, 4) is 11.6 Å². The molecular formula is C18H15ClF4N2O3. The molecule has 0 bridgehead atoms. The predicted molar refractivity (Wildman–Crippen MR) is 93.1 cm³/mol. The van der Waals surface area contributed by atoms with Gasteiger partial charge < -0.3 is 14.7 Å². The number of ether oxygens (including phenoxy) is 1. The van der Waals surface area contributed by atoms with Crippen LogP contribution in [-0.2, 0) is 11.0 Å². The molecule has 3 rings (SSSR count). The highest BCUT2D eigenvalue weighted by Gasteiger charge is 2.31. The smallest absolute Gasteiger partial charge is 0.417 e. The van der Waals surface area contributed by atoms with Gasteiger partial charge in [0.1, 0.15) is 22.7 Å². The first-order valence-corrected chi connectivity index (χ1v) is 8.69. The second kappa shape index (κ2) is 8.22. The second-order valence-electron chi connectivity index (χ2n) is 6.13. The zero-order chi connectivity index (χ0) is 20.3. The van der Waals surface area contributed by atoms with Gasteiger partial charge in [-0.15, -0.1) is 0 Å². The molecule has 28 heavy (non-hydrogen) atoms. The zero-order valence-electron chi connectivity index (χ0n) is 14.3. The number of phenolic OH excluding ortho intramolecular Hbond substituents is 1. The van der Waals surface area contributed by atoms with Crippen molar-refractivity contribution in [1.29, 1.82) is 0 Å². The van der Waals surface area contributed by atoms with Crippen LogP contribution in [0.1, 0.15) is 30.4 Å². The van der Waals surface area contributed by atoms with E-state index >= 15 is 0 Å². The van der Waals surface area contributed by atoms with Crippen LogP contribution in [0.25, 0.3) is 0 Å². The number of aromatic nitrogens is 1. The SMILES string of the molecule is Oc1ccc(F)c(C2=NOC(CCCOc3ncc(C(F)(F)F)cc3Cl)C2)c1. The van der Waals surface area contributed by atoms with Crippen LogP contribution in [0, 0.1) is 5.82 Å². The van der Waals surface area contributed by atoms with Crippen LogP contribution >= 0.6 is 11.6 Å². The predicted octanol–water partition coefficient (Wildman–Crippen LogP) is 4.95. The summed E-state index contributed by atoms with van der Waals surface area (Å²) in [5, 5.41) is 13.1. The highest BCUT2D eigenvalue weighted by Crippen LogP contribution is 2.33. The van der Waals surface area contributed by atoms with Crippen molar-refractivity contribution in [3.05, 3.63) is 52.4 Å². The Morgan fingerprint density at radius 1 is 1.29 bits per heavy atom. The first-order chi connectivity index (χ1) is 13.2. The zero-order valence-corrected chi connectivity index (χ0v) is 15.1. The summed E-state index contributed by atoms with van der Waals surface area (Å²) in [6.45, 7) is 0.160. The Labute approximate surface area is 162 Å². The van der Waals surface area contributed by atoms with Gasteiger partial charge in [0.05, 0.1) is 17.9 Å². The summed E-state index contributed by atoms with van der Waals surface area (Å²) in [6, 6.07) is 4.43. The van der Waals surface area contributed by atoms with Crippen molar-refractivity contribution in [3.63, 3.8) is 0 Å². The molecule has 0 amide bonds. The molecule has 1 unspecified atom stereocenters. The van der Waals surface area contributed by atoms with Gasteiger partial charge in [-0.05, 0) is 37.1 Å². The minimum atomic E-state index is -4.53. The minimum absolute atomic E-state index is 0.0723. The third-order valence-electron chi connectivity index (χ3n) is 4.04. The molecule has 2 aromatic rings. The first-order valence-electron chi connectivity index (χ1n) is 8.31. The number of alkyl halides is 3. The normalized spacial score (nSPS) is 16.6. The fraction of sp³-hybridized carbons (Fsp3) is 0.333. The number of hydrogen-bond donors (Lipinski definition) is 1. The number of pyridine rings is 1. The molecule has 0 radical (unpaired) electrons. The Bertz CT molecular complexity index is 890. The van der Waals surface area contributed by atoms with Crippen molar-refractivity contribution >= 4 is 17.3 Å². The second-order valence-corrected chi connectivity index (χ2v) is 6.54. The fourth-order valence-corrected chi connectivity index (χ4v) is 2.86. The average Bonchev–Trinajstić information content (AvgIpc) is 3.09. The Kier molecular flexibility index (Phi) is 5.93. The molecule has 0 fully saturated rings. The number of rotatable bonds is 6. The summed E-state index contributed by atoms with van der Waals surface area (Å²) in [6.07, 6.45) is -2.79. The summed E-state index contributed by atoms with van der Waals surface area (Å²) in [7, 11) is 0. The summed E-state index contributed by atoms with van der Waals surface area (Å²) in [5.74, 6) is -0.662. The van der Waals surface area contributed by atoms with Crippen molar-refractivity contribution in [2.45, 2.75) is 31.5 Å². The van der Waals surface area contributed by atoms with Crippen molar-refractivity contribution in [2.75, 3.05) is 6.61 Å². The number of halogens is 5. The molecule has 2 heterocycles. The maximum Gasteiger partial charge on any atom is 0.417 e. The summed E-state index contributed by atoms with van der Waals surface area (Å²) in [4.78, 5) is 8.85. The van der Waals surface area contributed by atoms with E-state index in [0.717, 1.165) is 12.1 Å². The lowest BCUT2D eigenvalue weighted by Gasteiger charge is -2.11. The molecule has 0 saturated carbocycles. The minimum Gasteiger partial charge on any atom is -0.508 e. The molecule has 1 atom stereocenters. The van der Waals surface area contributed by atoms with Gasteiger partial charge >= 0.3 is 6.18 Å². The van der Waals surface area contributed by atoms with Gasteiger partial charge in [-0.3, -0.25) is 0 Å². The molecule has 5 nitrogen and oxygen atoms in total. The molecule has 0 spiro atoms. The highest BCUT2D eigenvalue weighted by atomic mass is 35.5. The van der Waals surface area contributed by atoms with Crippen LogP contribution < -0.4 is 4.74 Å². The van der Waals surface area contributed by atoms with Crippen LogP contribution in [0.15, 0.2) is 35.6 Å². The molecule has 0 saturated heterocycles. The van der Waals surface area contributed by atoms with Crippen molar-refractivity contribution in [2.24, 2.45) is 5.16 Å². The molecular weight excluding hydrogens is 404 g/mol. The first kappa shape index (κ1) is 20.2. The van der Waals surface area contributed by atoms with E-state index in [1.54, 1.807) is 0 Å². The number of oxime groups is 1. The number of benzene rings is 1. The van der Waals surface area contributed by atoms with Crippen molar-refractivity contribution in [1.82, 2.24) is 4.98 Å². The molecule has 150 valence electrons. The third-order valence-corrected chi connectivity index (χ3v) is 4.31. The highest BCUT2D eigenvalue weighted by molar-refractivity contribution is 6.31. The van der Waals surface area contributed by atoms with E-state index in [1.807, 2.05) is 0 Å². The third kappa shape index (κ3) is 4.83. The topological polar surface area (TPSA) is 63.9 Å². The van der Waals surface area contributed by atoms with Crippen molar-refractivity contribution < 1.29 is 32.2 Å². The fourth-order valence-electron chi connectivity index (χ4n) is 2.64. The summed E-state index contributed by atoms with van der Waals surface area (Å²) < 4.78 is 56.9. The molecule has 0 aliphatic carbocycles. The van der Waals surface area contributed by atoms with Gasteiger partial charge in [-0.25, -0.2) is 9.37 Å². The molecule has 1 aromatic heterocycles. The van der Waals surface area contributed by atoms with Gasteiger partial charge in [0, 0.05) is 18.2 Å². The van der Waals surface area contributed by atoms with Crippen LogP contribution in [0.3, 0.4) is 0 Å². The number of nitrogens with zero attached hydrogens (tertiary/aromatic N) is 2. The molecule has 1 aliphatic heterocycles. The summed E-state index contributed by atoms with van der Waals surface area (Å²) in [5.41, 5.74) is -0.376. The van der Waals surface area contributed by atoms with Gasteiger partial charge in [0.15, 0.2) is 0 Å².